The van der Waals surface area contributed by atoms with E-state index in [-0.39, 0.29) is 11.2 Å². The van der Waals surface area contributed by atoms with Crippen molar-refractivity contribution in [1.29, 1.82) is 0 Å². The summed E-state index contributed by atoms with van der Waals surface area (Å²) in [5.74, 6) is 1.77. The fourth-order valence-corrected chi connectivity index (χ4v) is 10.6. The molecule has 0 aliphatic heterocycles. The molecule has 2 nitrogen and oxygen atoms in total. The van der Waals surface area contributed by atoms with Crippen LogP contribution in [-0.2, 0) is 9.59 Å². The molecule has 0 aromatic rings. The Morgan fingerprint density at radius 3 is 2.19 bits per heavy atom. The van der Waals surface area contributed by atoms with Gasteiger partial charge in [-0.05, 0) is 109 Å². The Balaban J connectivity index is 1.57. The molecule has 0 bridgehead atoms. The van der Waals surface area contributed by atoms with E-state index in [2.05, 4.69) is 48.1 Å². The molecule has 5 aliphatic carbocycles. The van der Waals surface area contributed by atoms with Crippen LogP contribution in [0, 0.1) is 50.2 Å². The number of aldehydes is 1. The van der Waals surface area contributed by atoms with E-state index >= 15 is 0 Å². The van der Waals surface area contributed by atoms with E-state index in [0.29, 0.717) is 45.5 Å². The van der Waals surface area contributed by atoms with Gasteiger partial charge in [0.25, 0.3) is 0 Å². The van der Waals surface area contributed by atoms with Gasteiger partial charge in [0.1, 0.15) is 6.29 Å². The van der Waals surface area contributed by atoms with E-state index in [1.165, 1.54) is 44.9 Å². The van der Waals surface area contributed by atoms with E-state index in [1.807, 2.05) is 0 Å². The van der Waals surface area contributed by atoms with Crippen LogP contribution in [0.1, 0.15) is 112 Å². The monoisotopic (exact) mass is 438 g/mol. The van der Waals surface area contributed by atoms with Crippen molar-refractivity contribution in [3.8, 4) is 0 Å². The van der Waals surface area contributed by atoms with Gasteiger partial charge in [0, 0.05) is 12.0 Å². The van der Waals surface area contributed by atoms with Gasteiger partial charge < -0.3 is 4.79 Å². The largest absolute Gasteiger partial charge is 0.302 e. The molecule has 178 valence electrons. The SMILES string of the molecule is C=C1C(=O)CCC2C3CCC4(C)C5CC(C)(C)CCC5(C)CCC4(C)C3(C)CCC12C=O. The lowest BCUT2D eigenvalue weighted by molar-refractivity contribution is -0.259. The first-order valence-corrected chi connectivity index (χ1v) is 13.5. The van der Waals surface area contributed by atoms with Crippen molar-refractivity contribution in [2.45, 2.75) is 112 Å². The maximum Gasteiger partial charge on any atom is 0.159 e. The van der Waals surface area contributed by atoms with Crippen LogP contribution in [0.15, 0.2) is 12.2 Å². The number of rotatable bonds is 1. The Morgan fingerprint density at radius 1 is 0.812 bits per heavy atom. The highest BCUT2D eigenvalue weighted by Crippen LogP contribution is 2.79. The Hall–Kier alpha value is -0.920. The van der Waals surface area contributed by atoms with Gasteiger partial charge in [-0.1, -0.05) is 48.1 Å². The Morgan fingerprint density at radius 2 is 1.50 bits per heavy atom. The van der Waals surface area contributed by atoms with Crippen LogP contribution in [0.4, 0.5) is 0 Å². The zero-order valence-electron chi connectivity index (χ0n) is 21.6. The second-order valence-electron chi connectivity index (χ2n) is 14.6. The molecule has 5 saturated carbocycles. The molecule has 32 heavy (non-hydrogen) atoms. The Bertz CT molecular complexity index is 870. The summed E-state index contributed by atoms with van der Waals surface area (Å²) in [7, 11) is 0. The second-order valence-corrected chi connectivity index (χ2v) is 14.6. The molecule has 0 saturated heterocycles. The molecule has 0 N–H and O–H groups in total. The summed E-state index contributed by atoms with van der Waals surface area (Å²) in [4.78, 5) is 25.2. The summed E-state index contributed by atoms with van der Waals surface area (Å²) in [6.45, 7) is 19.7. The number of hydrogen-bond donors (Lipinski definition) is 0. The van der Waals surface area contributed by atoms with Crippen molar-refractivity contribution < 1.29 is 9.59 Å². The maximum absolute atomic E-state index is 12.6. The zero-order valence-corrected chi connectivity index (χ0v) is 21.6. The first-order valence-electron chi connectivity index (χ1n) is 13.5. The van der Waals surface area contributed by atoms with Gasteiger partial charge in [0.2, 0.25) is 0 Å². The summed E-state index contributed by atoms with van der Waals surface area (Å²) >= 11 is 0. The molecular weight excluding hydrogens is 392 g/mol. The lowest BCUT2D eigenvalue weighted by atomic mass is 9.29. The summed E-state index contributed by atoms with van der Waals surface area (Å²) in [5.41, 5.74) is 1.86. The van der Waals surface area contributed by atoms with Crippen LogP contribution in [0.2, 0.25) is 0 Å². The minimum absolute atomic E-state index is 0.140. The Kier molecular flexibility index (Phi) is 4.71. The predicted molar refractivity (Wildman–Crippen MR) is 130 cm³/mol. The number of carbonyl (C=O) groups excluding carboxylic acids is 2. The molecule has 0 aromatic heterocycles. The number of fused-ring (bicyclic) bond motifs is 7. The molecule has 2 heteroatoms. The van der Waals surface area contributed by atoms with Crippen molar-refractivity contribution in [2.24, 2.45) is 50.2 Å². The molecular formula is C30H46O2. The highest BCUT2D eigenvalue weighted by Gasteiger charge is 2.72. The summed E-state index contributed by atoms with van der Waals surface area (Å²) in [5, 5.41) is 0. The van der Waals surface area contributed by atoms with Crippen LogP contribution in [-0.4, -0.2) is 12.1 Å². The Labute approximate surface area is 196 Å². The second kappa shape index (κ2) is 6.60. The van der Waals surface area contributed by atoms with Gasteiger partial charge in [-0.3, -0.25) is 4.79 Å². The molecule has 5 fully saturated rings. The first kappa shape index (κ1) is 22.9. The van der Waals surface area contributed by atoms with Crippen LogP contribution < -0.4 is 0 Å². The van der Waals surface area contributed by atoms with Crippen molar-refractivity contribution in [2.75, 3.05) is 0 Å². The van der Waals surface area contributed by atoms with E-state index < -0.39 is 5.41 Å². The van der Waals surface area contributed by atoms with Gasteiger partial charge in [-0.25, -0.2) is 0 Å². The van der Waals surface area contributed by atoms with Crippen LogP contribution in [0.5, 0.6) is 0 Å². The molecule has 8 unspecified atom stereocenters. The van der Waals surface area contributed by atoms with Crippen LogP contribution in [0.25, 0.3) is 0 Å². The third-order valence-electron chi connectivity index (χ3n) is 13.2. The molecule has 5 aliphatic rings. The smallest absolute Gasteiger partial charge is 0.159 e. The number of hydrogen-bond acceptors (Lipinski definition) is 2. The molecule has 0 radical (unpaired) electrons. The van der Waals surface area contributed by atoms with Gasteiger partial charge in [-0.15, -0.1) is 0 Å². The minimum atomic E-state index is -0.584. The number of carbonyl (C=O) groups is 2. The molecule has 8 atom stereocenters. The number of ketones is 1. The fourth-order valence-electron chi connectivity index (χ4n) is 10.6. The lowest BCUT2D eigenvalue weighted by Gasteiger charge is -2.75. The number of allylic oxidation sites excluding steroid dienone is 1. The van der Waals surface area contributed by atoms with E-state index in [9.17, 15) is 9.59 Å². The average molecular weight is 439 g/mol. The van der Waals surface area contributed by atoms with E-state index in [0.717, 1.165) is 31.5 Å². The zero-order chi connectivity index (χ0) is 23.4. The summed E-state index contributed by atoms with van der Waals surface area (Å²) in [6.07, 6.45) is 13.8. The van der Waals surface area contributed by atoms with E-state index in [1.54, 1.807) is 0 Å². The van der Waals surface area contributed by atoms with Gasteiger partial charge in [0.05, 0.1) is 5.41 Å². The van der Waals surface area contributed by atoms with Gasteiger partial charge in [0.15, 0.2) is 5.78 Å². The van der Waals surface area contributed by atoms with Gasteiger partial charge in [-0.2, -0.15) is 0 Å². The molecule has 0 spiro atoms. The third kappa shape index (κ3) is 2.54. The first-order chi connectivity index (χ1) is 14.8. The molecule has 0 heterocycles. The van der Waals surface area contributed by atoms with Crippen molar-refractivity contribution >= 4 is 12.1 Å². The summed E-state index contributed by atoms with van der Waals surface area (Å²) in [6, 6.07) is 0. The van der Waals surface area contributed by atoms with Crippen molar-refractivity contribution in [1.82, 2.24) is 0 Å². The average Bonchev–Trinajstić information content (AvgIpc) is 2.74. The standard InChI is InChI=1S/C30H46O2/c1-20-23(32)9-8-22-21-10-11-28(6)24-18-25(2,3)12-13-26(24,4)14-16-29(28,7)27(21,5)15-17-30(20,22)19-31/h19,21-22,24H,1,8-18H2,2-7H3. The molecule has 5 rings (SSSR count). The minimum Gasteiger partial charge on any atom is -0.302 e. The number of Topliss-reactive ketones (excluding diaryl/α,β-unsaturated/α-hetero) is 1. The fraction of sp³-hybridized carbons (Fsp3) is 0.867. The van der Waals surface area contributed by atoms with Gasteiger partial charge >= 0.3 is 0 Å². The maximum atomic E-state index is 12.6. The van der Waals surface area contributed by atoms with Crippen LogP contribution >= 0.6 is 0 Å². The molecule has 0 amide bonds. The lowest BCUT2D eigenvalue weighted by Crippen LogP contribution is -2.68. The normalized spacial score (nSPS) is 54.6. The summed E-state index contributed by atoms with van der Waals surface area (Å²) < 4.78 is 0. The highest BCUT2D eigenvalue weighted by molar-refractivity contribution is 6.01. The van der Waals surface area contributed by atoms with Crippen molar-refractivity contribution in [3.63, 3.8) is 0 Å². The highest BCUT2D eigenvalue weighted by atomic mass is 16.1. The van der Waals surface area contributed by atoms with E-state index in [4.69, 9.17) is 0 Å². The van der Waals surface area contributed by atoms with Crippen molar-refractivity contribution in [3.05, 3.63) is 12.2 Å². The third-order valence-corrected chi connectivity index (χ3v) is 13.2. The quantitative estimate of drug-likeness (QED) is 0.313. The molecule has 0 aromatic carbocycles. The van der Waals surface area contributed by atoms with Crippen LogP contribution in [0.3, 0.4) is 0 Å². The topological polar surface area (TPSA) is 34.1 Å². The predicted octanol–water partition coefficient (Wildman–Crippen LogP) is 7.56.